The zero-order chi connectivity index (χ0) is 12.7. The van der Waals surface area contributed by atoms with Crippen LogP contribution in [0.1, 0.15) is 59.7 Å². The zero-order valence-corrected chi connectivity index (χ0v) is 12.6. The second kappa shape index (κ2) is 5.08. The van der Waals surface area contributed by atoms with E-state index >= 15 is 0 Å². The van der Waals surface area contributed by atoms with Gasteiger partial charge in [-0.3, -0.25) is 0 Å². The van der Waals surface area contributed by atoms with Gasteiger partial charge in [-0.25, -0.2) is 0 Å². The van der Waals surface area contributed by atoms with Crippen LogP contribution in [0.5, 0.6) is 5.75 Å². The van der Waals surface area contributed by atoms with E-state index in [1.807, 2.05) is 0 Å². The van der Waals surface area contributed by atoms with Gasteiger partial charge in [-0.15, -0.1) is 0 Å². The molecule has 1 rings (SSSR count). The van der Waals surface area contributed by atoms with E-state index in [9.17, 15) is 5.11 Å². The summed E-state index contributed by atoms with van der Waals surface area (Å²) in [5, 5.41) is 10.4. The molecule has 1 aromatic carbocycles. The molecular formula is C15H25LiO. The van der Waals surface area contributed by atoms with Gasteiger partial charge in [-0.05, 0) is 28.9 Å². The average molecular weight is 228 g/mol. The summed E-state index contributed by atoms with van der Waals surface area (Å²) in [5.41, 5.74) is 3.26. The standard InChI is InChI=1S/C15H24O.Li.H/c1-10-8-11(14(2,3)4)13(16)12(9-10)15(5,6)7;;/h8-9,16H,1-7H3;;/q;+1;-1. The third-order valence-electron chi connectivity index (χ3n) is 2.87. The molecule has 0 saturated heterocycles. The van der Waals surface area contributed by atoms with Crippen LogP contribution in [-0.4, -0.2) is 5.11 Å². The largest absolute Gasteiger partial charge is 1.00 e. The zero-order valence-electron chi connectivity index (χ0n) is 13.6. The summed E-state index contributed by atoms with van der Waals surface area (Å²) < 4.78 is 0. The molecule has 2 heteroatoms. The Hall–Kier alpha value is -0.383. The molecule has 1 aromatic rings. The number of rotatable bonds is 0. The van der Waals surface area contributed by atoms with Gasteiger partial charge in [-0.1, -0.05) is 59.2 Å². The molecule has 0 bridgehead atoms. The summed E-state index contributed by atoms with van der Waals surface area (Å²) in [6.45, 7) is 14.9. The van der Waals surface area contributed by atoms with Gasteiger partial charge in [0.25, 0.3) is 0 Å². The summed E-state index contributed by atoms with van der Waals surface area (Å²) in [7, 11) is 0. The predicted molar refractivity (Wildman–Crippen MR) is 71.4 cm³/mol. The van der Waals surface area contributed by atoms with E-state index < -0.39 is 0 Å². The maximum atomic E-state index is 10.4. The molecule has 0 aromatic heterocycles. The monoisotopic (exact) mass is 228 g/mol. The van der Waals surface area contributed by atoms with Gasteiger partial charge in [0.2, 0.25) is 0 Å². The van der Waals surface area contributed by atoms with Crippen molar-refractivity contribution in [2.75, 3.05) is 0 Å². The Morgan fingerprint density at radius 2 is 1.18 bits per heavy atom. The van der Waals surface area contributed by atoms with Gasteiger partial charge in [0.1, 0.15) is 5.75 Å². The van der Waals surface area contributed by atoms with Crippen molar-refractivity contribution in [3.05, 3.63) is 28.8 Å². The quantitative estimate of drug-likeness (QED) is 0.666. The van der Waals surface area contributed by atoms with E-state index in [4.69, 9.17) is 0 Å². The summed E-state index contributed by atoms with van der Waals surface area (Å²) in [5.74, 6) is 0.464. The predicted octanol–water partition coefficient (Wildman–Crippen LogP) is 1.41. The second-order valence-corrected chi connectivity index (χ2v) is 6.71. The third kappa shape index (κ3) is 3.80. The summed E-state index contributed by atoms with van der Waals surface area (Å²) in [6.07, 6.45) is 0. The van der Waals surface area contributed by atoms with Gasteiger partial charge in [-0.2, -0.15) is 0 Å². The fourth-order valence-electron chi connectivity index (χ4n) is 1.92. The first-order chi connectivity index (χ1) is 7.03. The number of aromatic hydroxyl groups is 1. The smallest absolute Gasteiger partial charge is 1.00 e. The first-order valence-electron chi connectivity index (χ1n) is 5.88. The number of aryl methyl sites for hydroxylation is 1. The molecule has 0 aliphatic rings. The maximum absolute atomic E-state index is 10.4. The van der Waals surface area contributed by atoms with Crippen molar-refractivity contribution >= 4 is 0 Å². The first kappa shape index (κ1) is 16.6. The van der Waals surface area contributed by atoms with Crippen molar-refractivity contribution in [3.8, 4) is 5.75 Å². The molecule has 1 nitrogen and oxygen atoms in total. The number of benzene rings is 1. The van der Waals surface area contributed by atoms with E-state index in [-0.39, 0.29) is 31.1 Å². The Bertz CT molecular complexity index is 365. The van der Waals surface area contributed by atoms with E-state index in [1.54, 1.807) is 0 Å². The molecule has 0 radical (unpaired) electrons. The molecule has 0 unspecified atom stereocenters. The van der Waals surface area contributed by atoms with E-state index in [2.05, 4.69) is 60.6 Å². The maximum Gasteiger partial charge on any atom is 1.00 e. The number of phenols is 1. The normalized spacial score (nSPS) is 12.2. The Labute approximate surface area is 119 Å². The Balaban J connectivity index is 0. The Morgan fingerprint density at radius 3 is 1.41 bits per heavy atom. The molecule has 0 fully saturated rings. The molecule has 1 N–H and O–H groups in total. The fraction of sp³-hybridized carbons (Fsp3) is 0.600. The molecular weight excluding hydrogens is 203 g/mol. The molecule has 0 aliphatic carbocycles. The Morgan fingerprint density at radius 1 is 0.882 bits per heavy atom. The molecule has 92 valence electrons. The van der Waals surface area contributed by atoms with Gasteiger partial charge in [0.15, 0.2) is 0 Å². The third-order valence-corrected chi connectivity index (χ3v) is 2.87. The van der Waals surface area contributed by atoms with Crippen molar-refractivity contribution in [1.29, 1.82) is 0 Å². The molecule has 0 spiro atoms. The summed E-state index contributed by atoms with van der Waals surface area (Å²) >= 11 is 0. The van der Waals surface area contributed by atoms with Crippen molar-refractivity contribution in [2.45, 2.75) is 59.3 Å². The molecule has 0 aliphatic heterocycles. The minimum Gasteiger partial charge on any atom is -1.00 e. The van der Waals surface area contributed by atoms with Gasteiger partial charge in [0.05, 0.1) is 0 Å². The Kier molecular flexibility index (Phi) is 4.97. The van der Waals surface area contributed by atoms with Crippen LogP contribution < -0.4 is 18.9 Å². The topological polar surface area (TPSA) is 20.2 Å². The van der Waals surface area contributed by atoms with Gasteiger partial charge < -0.3 is 6.53 Å². The van der Waals surface area contributed by atoms with Crippen LogP contribution in [0.25, 0.3) is 0 Å². The molecule has 17 heavy (non-hydrogen) atoms. The molecule has 0 amide bonds. The van der Waals surface area contributed by atoms with Crippen LogP contribution in [0.3, 0.4) is 0 Å². The summed E-state index contributed by atoms with van der Waals surface area (Å²) in [6, 6.07) is 4.18. The molecule has 0 saturated carbocycles. The van der Waals surface area contributed by atoms with E-state index in [0.29, 0.717) is 5.75 Å². The van der Waals surface area contributed by atoms with E-state index in [1.165, 1.54) is 5.56 Å². The number of hydrogen-bond donors (Lipinski definition) is 1. The summed E-state index contributed by atoms with van der Waals surface area (Å²) in [4.78, 5) is 0. The van der Waals surface area contributed by atoms with Crippen LogP contribution in [-0.2, 0) is 10.8 Å². The number of phenolic OH excluding ortho intramolecular Hbond substituents is 1. The van der Waals surface area contributed by atoms with Crippen LogP contribution in [0.2, 0.25) is 0 Å². The van der Waals surface area contributed by atoms with Crippen molar-refractivity contribution < 1.29 is 25.4 Å². The molecule has 0 atom stereocenters. The fourth-order valence-corrected chi connectivity index (χ4v) is 1.92. The minimum atomic E-state index is -0.0178. The van der Waals surface area contributed by atoms with Crippen LogP contribution in [0, 0.1) is 6.92 Å². The SMILES string of the molecule is Cc1cc(C(C)(C)C)c(O)c(C(C)(C)C)c1.[H-].[Li+]. The van der Waals surface area contributed by atoms with Crippen LogP contribution in [0.15, 0.2) is 12.1 Å². The van der Waals surface area contributed by atoms with Crippen LogP contribution >= 0.6 is 0 Å². The first-order valence-corrected chi connectivity index (χ1v) is 5.88. The van der Waals surface area contributed by atoms with Crippen molar-refractivity contribution in [2.24, 2.45) is 0 Å². The van der Waals surface area contributed by atoms with Crippen molar-refractivity contribution in [1.82, 2.24) is 0 Å². The molecule has 0 heterocycles. The van der Waals surface area contributed by atoms with Gasteiger partial charge >= 0.3 is 18.9 Å². The second-order valence-electron chi connectivity index (χ2n) is 6.71. The van der Waals surface area contributed by atoms with Gasteiger partial charge in [0, 0.05) is 0 Å². The van der Waals surface area contributed by atoms with Crippen molar-refractivity contribution in [3.63, 3.8) is 0 Å². The van der Waals surface area contributed by atoms with E-state index in [0.717, 1.165) is 11.1 Å². The van der Waals surface area contributed by atoms with Crippen LogP contribution in [0.4, 0.5) is 0 Å². The average Bonchev–Trinajstić information content (AvgIpc) is 2.04. The minimum absolute atomic E-state index is 0. The number of hydrogen-bond acceptors (Lipinski definition) is 1.